The lowest BCUT2D eigenvalue weighted by Crippen LogP contribution is -2.49. The van der Waals surface area contributed by atoms with Gasteiger partial charge in [0.2, 0.25) is 5.91 Å². The molecule has 0 unspecified atom stereocenters. The minimum atomic E-state index is -0.375. The number of fused-ring (bicyclic) bond motifs is 1. The maximum Gasteiger partial charge on any atom is 0.328 e. The molecule has 17 heavy (non-hydrogen) atoms. The molecule has 2 aromatic rings. The van der Waals surface area contributed by atoms with Crippen molar-refractivity contribution >= 4 is 28.7 Å². The molecule has 6 nitrogen and oxygen atoms in total. The van der Waals surface area contributed by atoms with Crippen LogP contribution in [0.5, 0.6) is 0 Å². The molecule has 1 aromatic heterocycles. The van der Waals surface area contributed by atoms with Gasteiger partial charge in [-0.2, -0.15) is 0 Å². The number of aromatic nitrogens is 2. The van der Waals surface area contributed by atoms with Crippen molar-refractivity contribution in [2.45, 2.75) is 6.42 Å². The Balaban J connectivity index is 1.97. The number of nitrogens with zero attached hydrogens (tertiary/aromatic N) is 2. The zero-order chi connectivity index (χ0) is 11.8. The summed E-state index contributed by atoms with van der Waals surface area (Å²) in [7, 11) is 0. The largest absolute Gasteiger partial charge is 0.345 e. The number of benzene rings is 1. The maximum atomic E-state index is 11.6. The molecule has 1 aliphatic rings. The fourth-order valence-corrected chi connectivity index (χ4v) is 1.90. The molecule has 0 saturated carbocycles. The lowest BCUT2D eigenvalue weighted by Gasteiger charge is -2.26. The highest BCUT2D eigenvalue weighted by Crippen LogP contribution is 2.21. The minimum absolute atomic E-state index is 0.228. The van der Waals surface area contributed by atoms with Crippen molar-refractivity contribution in [2.75, 3.05) is 11.4 Å². The highest BCUT2D eigenvalue weighted by molar-refractivity contribution is 6.06. The molecule has 2 heterocycles. The number of anilines is 1. The molecular formula is C11H10N4O2. The number of nitrogens with one attached hydrogen (secondary N) is 2. The van der Waals surface area contributed by atoms with E-state index < -0.39 is 0 Å². The molecule has 6 heteroatoms. The molecule has 1 aliphatic heterocycles. The van der Waals surface area contributed by atoms with Crippen molar-refractivity contribution in [3.63, 3.8) is 0 Å². The maximum absolute atomic E-state index is 11.6. The molecule has 1 aromatic carbocycles. The standard InChI is InChI=1S/C11H10N4O2/c16-10-3-4-15(11(17)14-10)7-1-2-8-9(5-7)13-6-12-8/h1-2,5-6H,3-4H2,(H,12,13)(H,14,16,17). The number of hydrogen-bond acceptors (Lipinski definition) is 3. The Labute approximate surface area is 96.6 Å². The lowest BCUT2D eigenvalue weighted by molar-refractivity contribution is -0.120. The second-order valence-electron chi connectivity index (χ2n) is 3.86. The SMILES string of the molecule is O=C1CCN(c2ccc3nc[nH]c3c2)C(=O)N1. The molecule has 3 amide bonds. The van der Waals surface area contributed by atoms with E-state index in [-0.39, 0.29) is 11.9 Å². The number of urea groups is 1. The van der Waals surface area contributed by atoms with Crippen molar-refractivity contribution in [2.24, 2.45) is 0 Å². The van der Waals surface area contributed by atoms with Gasteiger partial charge in [0, 0.05) is 18.7 Å². The van der Waals surface area contributed by atoms with Gasteiger partial charge in [-0.3, -0.25) is 15.0 Å². The van der Waals surface area contributed by atoms with E-state index in [9.17, 15) is 9.59 Å². The number of imide groups is 1. The van der Waals surface area contributed by atoms with E-state index in [0.29, 0.717) is 13.0 Å². The van der Waals surface area contributed by atoms with Crippen LogP contribution in [0.4, 0.5) is 10.5 Å². The highest BCUT2D eigenvalue weighted by atomic mass is 16.2. The lowest BCUT2D eigenvalue weighted by atomic mass is 10.2. The van der Waals surface area contributed by atoms with Crippen molar-refractivity contribution in [3.8, 4) is 0 Å². The van der Waals surface area contributed by atoms with Gasteiger partial charge >= 0.3 is 6.03 Å². The smallest absolute Gasteiger partial charge is 0.328 e. The summed E-state index contributed by atoms with van der Waals surface area (Å²) in [5.74, 6) is -0.228. The van der Waals surface area contributed by atoms with Crippen LogP contribution in [-0.4, -0.2) is 28.5 Å². The molecule has 2 N–H and O–H groups in total. The number of carbonyl (C=O) groups is 2. The summed E-state index contributed by atoms with van der Waals surface area (Å²) in [6.45, 7) is 0.407. The first kappa shape index (κ1) is 9.83. The molecule has 0 spiro atoms. The van der Waals surface area contributed by atoms with E-state index >= 15 is 0 Å². The third kappa shape index (κ3) is 1.63. The van der Waals surface area contributed by atoms with Gasteiger partial charge in [0.1, 0.15) is 0 Å². The highest BCUT2D eigenvalue weighted by Gasteiger charge is 2.24. The van der Waals surface area contributed by atoms with Crippen LogP contribution in [0.25, 0.3) is 11.0 Å². The Morgan fingerprint density at radius 2 is 2.18 bits per heavy atom. The molecule has 86 valence electrons. The van der Waals surface area contributed by atoms with Crippen LogP contribution < -0.4 is 10.2 Å². The number of amides is 3. The van der Waals surface area contributed by atoms with Crippen molar-refractivity contribution in [1.29, 1.82) is 0 Å². The van der Waals surface area contributed by atoms with Gasteiger partial charge in [-0.1, -0.05) is 0 Å². The second-order valence-corrected chi connectivity index (χ2v) is 3.86. The summed E-state index contributed by atoms with van der Waals surface area (Å²) in [5, 5.41) is 2.29. The Hall–Kier alpha value is -2.37. The predicted molar refractivity (Wildman–Crippen MR) is 61.6 cm³/mol. The van der Waals surface area contributed by atoms with E-state index in [1.54, 1.807) is 11.2 Å². The van der Waals surface area contributed by atoms with Crippen molar-refractivity contribution in [3.05, 3.63) is 24.5 Å². The zero-order valence-corrected chi connectivity index (χ0v) is 8.93. The molecule has 0 bridgehead atoms. The van der Waals surface area contributed by atoms with Gasteiger partial charge < -0.3 is 4.98 Å². The van der Waals surface area contributed by atoms with Crippen LogP contribution in [0, 0.1) is 0 Å². The summed E-state index contributed by atoms with van der Waals surface area (Å²) in [6.07, 6.45) is 1.93. The van der Waals surface area contributed by atoms with Crippen LogP contribution >= 0.6 is 0 Å². The van der Waals surface area contributed by atoms with Gasteiger partial charge in [0.25, 0.3) is 0 Å². The first-order chi connectivity index (χ1) is 8.24. The van der Waals surface area contributed by atoms with Gasteiger partial charge in [0.15, 0.2) is 0 Å². The second kappa shape index (κ2) is 3.58. The van der Waals surface area contributed by atoms with Gasteiger partial charge in [0.05, 0.1) is 17.4 Å². The van der Waals surface area contributed by atoms with E-state index in [1.807, 2.05) is 18.2 Å². The molecular weight excluding hydrogens is 220 g/mol. The average Bonchev–Trinajstić information content (AvgIpc) is 2.75. The summed E-state index contributed by atoms with van der Waals surface area (Å²) in [5.41, 5.74) is 2.47. The molecule has 0 aliphatic carbocycles. The summed E-state index contributed by atoms with van der Waals surface area (Å²) in [6, 6.07) is 5.13. The van der Waals surface area contributed by atoms with Crippen LogP contribution in [0.2, 0.25) is 0 Å². The average molecular weight is 230 g/mol. The minimum Gasteiger partial charge on any atom is -0.345 e. The van der Waals surface area contributed by atoms with Crippen molar-refractivity contribution in [1.82, 2.24) is 15.3 Å². The van der Waals surface area contributed by atoms with Crippen molar-refractivity contribution < 1.29 is 9.59 Å². The number of H-pyrrole nitrogens is 1. The van der Waals surface area contributed by atoms with E-state index in [4.69, 9.17) is 0 Å². The fourth-order valence-electron chi connectivity index (χ4n) is 1.90. The molecule has 1 fully saturated rings. The van der Waals surface area contributed by atoms with Gasteiger partial charge in [-0.05, 0) is 18.2 Å². The monoisotopic (exact) mass is 230 g/mol. The summed E-state index contributed by atoms with van der Waals surface area (Å²) < 4.78 is 0. The Kier molecular flexibility index (Phi) is 2.07. The van der Waals surface area contributed by atoms with Gasteiger partial charge in [-0.15, -0.1) is 0 Å². The normalized spacial score (nSPS) is 16.4. The molecule has 3 rings (SSSR count). The topological polar surface area (TPSA) is 78.1 Å². The quantitative estimate of drug-likeness (QED) is 0.767. The van der Waals surface area contributed by atoms with Gasteiger partial charge in [-0.25, -0.2) is 9.78 Å². The Bertz CT molecular complexity index is 604. The van der Waals surface area contributed by atoms with E-state index in [0.717, 1.165) is 16.7 Å². The predicted octanol–water partition coefficient (Wildman–Crippen LogP) is 1.01. The first-order valence-corrected chi connectivity index (χ1v) is 5.28. The molecule has 0 atom stereocenters. The fraction of sp³-hybridized carbons (Fsp3) is 0.182. The third-order valence-corrected chi connectivity index (χ3v) is 2.77. The first-order valence-electron chi connectivity index (χ1n) is 5.28. The Morgan fingerprint density at radius 3 is 3.00 bits per heavy atom. The number of hydrogen-bond donors (Lipinski definition) is 2. The van der Waals surface area contributed by atoms with Crippen LogP contribution in [0.3, 0.4) is 0 Å². The third-order valence-electron chi connectivity index (χ3n) is 2.77. The number of rotatable bonds is 1. The molecule has 0 radical (unpaired) electrons. The number of imidazole rings is 1. The number of aromatic amines is 1. The van der Waals surface area contributed by atoms with Crippen LogP contribution in [-0.2, 0) is 4.79 Å². The summed E-state index contributed by atoms with van der Waals surface area (Å²) in [4.78, 5) is 31.3. The number of carbonyl (C=O) groups excluding carboxylic acids is 2. The van der Waals surface area contributed by atoms with Crippen LogP contribution in [0.15, 0.2) is 24.5 Å². The zero-order valence-electron chi connectivity index (χ0n) is 8.93. The Morgan fingerprint density at radius 1 is 1.29 bits per heavy atom. The van der Waals surface area contributed by atoms with E-state index in [1.165, 1.54) is 0 Å². The van der Waals surface area contributed by atoms with E-state index in [2.05, 4.69) is 15.3 Å². The van der Waals surface area contributed by atoms with Crippen LogP contribution in [0.1, 0.15) is 6.42 Å². The summed E-state index contributed by atoms with van der Waals surface area (Å²) >= 11 is 0. The molecule has 1 saturated heterocycles.